The van der Waals surface area contributed by atoms with Gasteiger partial charge < -0.3 is 20.0 Å². The van der Waals surface area contributed by atoms with Gasteiger partial charge in [0, 0.05) is 32.7 Å². The fourth-order valence-corrected chi connectivity index (χ4v) is 3.18. The van der Waals surface area contributed by atoms with Crippen molar-refractivity contribution < 1.29 is 14.4 Å². The first kappa shape index (κ1) is 19.7. The van der Waals surface area contributed by atoms with Crippen LogP contribution in [0.15, 0.2) is 0 Å². The normalized spacial score (nSPS) is 22.2. The molecule has 23 heavy (non-hydrogen) atoms. The molecule has 0 aromatic carbocycles. The van der Waals surface area contributed by atoms with Gasteiger partial charge in [-0.1, -0.05) is 0 Å². The van der Waals surface area contributed by atoms with Crippen LogP contribution in [0.2, 0.25) is 0 Å². The predicted octanol–water partition coefficient (Wildman–Crippen LogP) is -0.443. The van der Waals surface area contributed by atoms with E-state index in [0.29, 0.717) is 25.6 Å². The standard InChI is InChI=1S/C15H26N4O3.ClH/c1-3-17-7-8-19(15(22)14(17)21)11-13(20)18-6-4-5-12(10-18)9-16-2;/h12,16H,3-11H2,1-2H3;1H. The number of piperidine rings is 1. The highest BCUT2D eigenvalue weighted by atomic mass is 35.5. The molecule has 2 saturated heterocycles. The zero-order chi connectivity index (χ0) is 16.1. The van der Waals surface area contributed by atoms with Gasteiger partial charge in [0.05, 0.1) is 0 Å². The Hall–Kier alpha value is -1.34. The van der Waals surface area contributed by atoms with Crippen LogP contribution in [-0.2, 0) is 14.4 Å². The summed E-state index contributed by atoms with van der Waals surface area (Å²) in [7, 11) is 1.91. The van der Waals surface area contributed by atoms with Crippen LogP contribution in [-0.4, -0.2) is 85.3 Å². The monoisotopic (exact) mass is 346 g/mol. The molecule has 0 aliphatic carbocycles. The summed E-state index contributed by atoms with van der Waals surface area (Å²) in [5, 5.41) is 3.15. The number of piperazine rings is 1. The number of carbonyl (C=O) groups excluding carboxylic acids is 3. The lowest BCUT2D eigenvalue weighted by molar-refractivity contribution is -0.157. The van der Waals surface area contributed by atoms with E-state index >= 15 is 0 Å². The van der Waals surface area contributed by atoms with Crippen molar-refractivity contribution in [2.45, 2.75) is 19.8 Å². The van der Waals surface area contributed by atoms with Gasteiger partial charge in [-0.25, -0.2) is 0 Å². The molecule has 2 heterocycles. The van der Waals surface area contributed by atoms with Crippen molar-refractivity contribution in [1.29, 1.82) is 0 Å². The number of nitrogens with one attached hydrogen (secondary N) is 1. The molecule has 2 fully saturated rings. The molecule has 0 bridgehead atoms. The molecular weight excluding hydrogens is 320 g/mol. The summed E-state index contributed by atoms with van der Waals surface area (Å²) in [6.45, 7) is 5.73. The highest BCUT2D eigenvalue weighted by molar-refractivity contribution is 6.35. The SMILES string of the molecule is CCN1CCN(CC(=O)N2CCCC(CNC)C2)C(=O)C1=O.Cl. The number of carbonyl (C=O) groups is 3. The van der Waals surface area contributed by atoms with Crippen LogP contribution < -0.4 is 5.32 Å². The van der Waals surface area contributed by atoms with Gasteiger partial charge in [0.25, 0.3) is 0 Å². The van der Waals surface area contributed by atoms with Gasteiger partial charge in [-0.3, -0.25) is 14.4 Å². The Balaban J connectivity index is 0.00000264. The maximum absolute atomic E-state index is 12.4. The molecule has 3 amide bonds. The number of nitrogens with zero attached hydrogens (tertiary/aromatic N) is 3. The van der Waals surface area contributed by atoms with Crippen molar-refractivity contribution in [2.75, 3.05) is 52.9 Å². The summed E-state index contributed by atoms with van der Waals surface area (Å²) in [5.41, 5.74) is 0. The molecule has 8 heteroatoms. The van der Waals surface area contributed by atoms with Crippen LogP contribution in [0.25, 0.3) is 0 Å². The van der Waals surface area contributed by atoms with E-state index in [2.05, 4.69) is 5.32 Å². The number of amides is 3. The Labute approximate surface area is 143 Å². The second kappa shape index (κ2) is 9.08. The molecule has 1 atom stereocenters. The van der Waals surface area contributed by atoms with Crippen LogP contribution in [0.5, 0.6) is 0 Å². The Morgan fingerprint density at radius 2 is 1.83 bits per heavy atom. The van der Waals surface area contributed by atoms with Crippen molar-refractivity contribution in [1.82, 2.24) is 20.0 Å². The third kappa shape index (κ3) is 4.81. The Morgan fingerprint density at radius 3 is 2.48 bits per heavy atom. The molecule has 1 unspecified atom stereocenters. The summed E-state index contributed by atoms with van der Waals surface area (Å²) < 4.78 is 0. The summed E-state index contributed by atoms with van der Waals surface area (Å²) >= 11 is 0. The molecule has 0 aromatic rings. The number of rotatable bonds is 5. The van der Waals surface area contributed by atoms with Gasteiger partial charge >= 0.3 is 11.8 Å². The van der Waals surface area contributed by atoms with Gasteiger partial charge in [-0.2, -0.15) is 0 Å². The van der Waals surface area contributed by atoms with Gasteiger partial charge in [0.1, 0.15) is 6.54 Å². The summed E-state index contributed by atoms with van der Waals surface area (Å²) in [6.07, 6.45) is 2.12. The lowest BCUT2D eigenvalue weighted by Gasteiger charge is -2.36. The van der Waals surface area contributed by atoms with E-state index in [0.717, 1.165) is 32.5 Å². The molecule has 0 saturated carbocycles. The largest absolute Gasteiger partial charge is 0.341 e. The van der Waals surface area contributed by atoms with Crippen LogP contribution in [0.3, 0.4) is 0 Å². The van der Waals surface area contributed by atoms with E-state index < -0.39 is 11.8 Å². The summed E-state index contributed by atoms with van der Waals surface area (Å²) in [5.74, 6) is -0.623. The van der Waals surface area contributed by atoms with E-state index in [1.54, 1.807) is 0 Å². The van der Waals surface area contributed by atoms with Crippen LogP contribution >= 0.6 is 12.4 Å². The summed E-state index contributed by atoms with van der Waals surface area (Å²) in [4.78, 5) is 41.0. The van der Waals surface area contributed by atoms with Gasteiger partial charge in [-0.05, 0) is 39.3 Å². The third-order valence-electron chi connectivity index (χ3n) is 4.47. The van der Waals surface area contributed by atoms with E-state index in [-0.39, 0.29) is 24.9 Å². The number of halogens is 1. The number of hydrogen-bond donors (Lipinski definition) is 1. The molecule has 0 spiro atoms. The van der Waals surface area contributed by atoms with Gasteiger partial charge in [0.2, 0.25) is 5.91 Å². The van der Waals surface area contributed by atoms with Crippen molar-refractivity contribution in [2.24, 2.45) is 5.92 Å². The minimum absolute atomic E-state index is 0. The van der Waals surface area contributed by atoms with Crippen LogP contribution in [0.4, 0.5) is 0 Å². The number of likely N-dealkylation sites (N-methyl/N-ethyl adjacent to an activating group) is 1. The Kier molecular flexibility index (Phi) is 7.78. The maximum atomic E-state index is 12.4. The van der Waals surface area contributed by atoms with Crippen LogP contribution in [0.1, 0.15) is 19.8 Å². The van der Waals surface area contributed by atoms with Gasteiger partial charge in [0.15, 0.2) is 0 Å². The second-order valence-electron chi connectivity index (χ2n) is 6.02. The lowest BCUT2D eigenvalue weighted by atomic mass is 9.98. The quantitative estimate of drug-likeness (QED) is 0.685. The Bertz CT molecular complexity index is 444. The maximum Gasteiger partial charge on any atom is 0.312 e. The lowest BCUT2D eigenvalue weighted by Crippen LogP contribution is -2.57. The predicted molar refractivity (Wildman–Crippen MR) is 89.3 cm³/mol. The van der Waals surface area contributed by atoms with E-state index in [9.17, 15) is 14.4 Å². The topological polar surface area (TPSA) is 73.0 Å². The first-order valence-corrected chi connectivity index (χ1v) is 8.07. The smallest absolute Gasteiger partial charge is 0.312 e. The number of hydrogen-bond acceptors (Lipinski definition) is 4. The average Bonchev–Trinajstić information content (AvgIpc) is 2.52. The third-order valence-corrected chi connectivity index (χ3v) is 4.47. The molecule has 2 aliphatic heterocycles. The van der Waals surface area contributed by atoms with E-state index in [1.165, 1.54) is 9.80 Å². The zero-order valence-corrected chi connectivity index (χ0v) is 14.7. The zero-order valence-electron chi connectivity index (χ0n) is 13.9. The highest BCUT2D eigenvalue weighted by Gasteiger charge is 2.34. The minimum atomic E-state index is -0.551. The van der Waals surface area contributed by atoms with Crippen molar-refractivity contribution in [3.8, 4) is 0 Å². The first-order valence-electron chi connectivity index (χ1n) is 8.07. The molecule has 1 N–H and O–H groups in total. The molecule has 0 aromatic heterocycles. The minimum Gasteiger partial charge on any atom is -0.341 e. The van der Waals surface area contributed by atoms with E-state index in [4.69, 9.17) is 0 Å². The molecule has 7 nitrogen and oxygen atoms in total. The van der Waals surface area contributed by atoms with Crippen molar-refractivity contribution in [3.63, 3.8) is 0 Å². The number of likely N-dealkylation sites (tertiary alicyclic amines) is 1. The molecule has 2 aliphatic rings. The summed E-state index contributed by atoms with van der Waals surface area (Å²) in [6, 6.07) is 0. The molecule has 132 valence electrons. The molecular formula is C15H27ClN4O3. The Morgan fingerprint density at radius 1 is 1.17 bits per heavy atom. The van der Waals surface area contributed by atoms with Crippen molar-refractivity contribution >= 4 is 30.1 Å². The van der Waals surface area contributed by atoms with E-state index in [1.807, 2.05) is 18.9 Å². The average molecular weight is 347 g/mol. The second-order valence-corrected chi connectivity index (χ2v) is 6.02. The first-order chi connectivity index (χ1) is 10.6. The van der Waals surface area contributed by atoms with Gasteiger partial charge in [-0.15, -0.1) is 12.4 Å². The fraction of sp³-hybridized carbons (Fsp3) is 0.800. The van der Waals surface area contributed by atoms with Crippen LogP contribution in [0, 0.1) is 5.92 Å². The fourth-order valence-electron chi connectivity index (χ4n) is 3.18. The molecule has 0 radical (unpaired) electrons. The highest BCUT2D eigenvalue weighted by Crippen LogP contribution is 2.16. The molecule has 2 rings (SSSR count). The van der Waals surface area contributed by atoms with Crippen molar-refractivity contribution in [3.05, 3.63) is 0 Å².